The highest BCUT2D eigenvalue weighted by Crippen LogP contribution is 2.09. The van der Waals surface area contributed by atoms with Crippen LogP contribution < -0.4 is 16.0 Å². The Morgan fingerprint density at radius 1 is 1.03 bits per heavy atom. The quantitative estimate of drug-likeness (QED) is 0.499. The fraction of sp³-hybridized carbons (Fsp3) is 0.571. The lowest BCUT2D eigenvalue weighted by Crippen LogP contribution is -2.54. The van der Waals surface area contributed by atoms with E-state index >= 15 is 0 Å². The van der Waals surface area contributed by atoms with Gasteiger partial charge in [-0.3, -0.25) is 9.79 Å². The van der Waals surface area contributed by atoms with Gasteiger partial charge in [0.1, 0.15) is 5.60 Å². The number of carbonyl (C=O) groups is 2. The minimum atomic E-state index is -0.544. The fourth-order valence-corrected chi connectivity index (χ4v) is 2.36. The van der Waals surface area contributed by atoms with E-state index < -0.39 is 17.2 Å². The number of benzene rings is 1. The number of carbonyl (C=O) groups excluding carboxylic acids is 2. The minimum Gasteiger partial charge on any atom is -0.444 e. The van der Waals surface area contributed by atoms with Gasteiger partial charge in [-0.25, -0.2) is 4.79 Å². The van der Waals surface area contributed by atoms with E-state index in [4.69, 9.17) is 4.74 Å². The Kier molecular flexibility index (Phi) is 8.48. The molecule has 0 aliphatic carbocycles. The molecule has 1 rings (SSSR count). The standard InChI is InChI=1S/C21H35N5O3/c1-20(2,3)29-19(28)25-21(4,5)14-24-18(22-6)23-13-15-9-11-16(12-10-15)17(27)26(7)8/h9-12H,13-14H2,1-8H3,(H,25,28)(H2,22,23,24). The van der Waals surface area contributed by atoms with Crippen molar-refractivity contribution in [1.82, 2.24) is 20.9 Å². The van der Waals surface area contributed by atoms with E-state index in [1.54, 1.807) is 26.0 Å². The molecular formula is C21H35N5O3. The van der Waals surface area contributed by atoms with Gasteiger partial charge in [-0.05, 0) is 52.3 Å². The SMILES string of the molecule is CN=C(NCc1ccc(C(=O)N(C)C)cc1)NCC(C)(C)NC(=O)OC(C)(C)C. The lowest BCUT2D eigenvalue weighted by molar-refractivity contribution is 0.0473. The number of amides is 2. The Hall–Kier alpha value is -2.77. The zero-order chi connectivity index (χ0) is 22.2. The Bertz CT molecular complexity index is 719. The van der Waals surface area contributed by atoms with Gasteiger partial charge in [0.05, 0.1) is 5.54 Å². The second kappa shape index (κ2) is 10.1. The van der Waals surface area contributed by atoms with Gasteiger partial charge in [0, 0.05) is 39.8 Å². The largest absolute Gasteiger partial charge is 0.444 e. The number of hydrogen-bond donors (Lipinski definition) is 3. The lowest BCUT2D eigenvalue weighted by Gasteiger charge is -2.29. The molecule has 0 bridgehead atoms. The topological polar surface area (TPSA) is 95.1 Å². The summed E-state index contributed by atoms with van der Waals surface area (Å²) in [6.45, 7) is 10.3. The molecule has 3 N–H and O–H groups in total. The number of guanidine groups is 1. The average molecular weight is 406 g/mol. The molecule has 0 saturated carbocycles. The number of nitrogens with zero attached hydrogens (tertiary/aromatic N) is 2. The molecule has 8 heteroatoms. The second-order valence-electron chi connectivity index (χ2n) is 8.69. The predicted molar refractivity (Wildman–Crippen MR) is 116 cm³/mol. The second-order valence-corrected chi connectivity index (χ2v) is 8.69. The van der Waals surface area contributed by atoms with Gasteiger partial charge < -0.3 is 25.6 Å². The van der Waals surface area contributed by atoms with Crippen LogP contribution in [0.15, 0.2) is 29.3 Å². The van der Waals surface area contributed by atoms with Crippen LogP contribution in [-0.4, -0.2) is 61.7 Å². The third kappa shape index (κ3) is 9.32. The first-order valence-electron chi connectivity index (χ1n) is 9.59. The molecule has 0 heterocycles. The molecule has 0 aliphatic rings. The number of aliphatic imine (C=N–C) groups is 1. The van der Waals surface area contributed by atoms with Crippen molar-refractivity contribution in [3.05, 3.63) is 35.4 Å². The summed E-state index contributed by atoms with van der Waals surface area (Å²) in [5.41, 5.74) is 0.595. The van der Waals surface area contributed by atoms with Crippen LogP contribution >= 0.6 is 0 Å². The van der Waals surface area contributed by atoms with Crippen molar-refractivity contribution in [2.24, 2.45) is 4.99 Å². The molecule has 2 amide bonds. The normalized spacial score (nSPS) is 12.2. The maximum absolute atomic E-state index is 12.0. The van der Waals surface area contributed by atoms with Crippen LogP contribution in [0.3, 0.4) is 0 Å². The van der Waals surface area contributed by atoms with Crippen molar-refractivity contribution in [2.45, 2.75) is 52.3 Å². The zero-order valence-corrected chi connectivity index (χ0v) is 18.8. The van der Waals surface area contributed by atoms with Crippen molar-refractivity contribution in [2.75, 3.05) is 27.7 Å². The summed E-state index contributed by atoms with van der Waals surface area (Å²) in [5.74, 6) is 0.583. The molecule has 0 unspecified atom stereocenters. The summed E-state index contributed by atoms with van der Waals surface area (Å²) in [5, 5.41) is 9.27. The summed E-state index contributed by atoms with van der Waals surface area (Å²) >= 11 is 0. The molecule has 1 aromatic rings. The third-order valence-corrected chi connectivity index (χ3v) is 3.83. The van der Waals surface area contributed by atoms with E-state index in [1.807, 2.05) is 58.9 Å². The molecule has 29 heavy (non-hydrogen) atoms. The highest BCUT2D eigenvalue weighted by Gasteiger charge is 2.24. The molecule has 1 aromatic carbocycles. The molecule has 8 nitrogen and oxygen atoms in total. The number of nitrogens with one attached hydrogen (secondary N) is 3. The van der Waals surface area contributed by atoms with Gasteiger partial charge >= 0.3 is 6.09 Å². The van der Waals surface area contributed by atoms with Gasteiger partial charge in [-0.15, -0.1) is 0 Å². The molecule has 0 spiro atoms. The van der Waals surface area contributed by atoms with Crippen LogP contribution in [0.1, 0.15) is 50.5 Å². The molecule has 0 fully saturated rings. The number of hydrogen-bond acceptors (Lipinski definition) is 4. The van der Waals surface area contributed by atoms with Crippen molar-refractivity contribution in [3.8, 4) is 0 Å². The van der Waals surface area contributed by atoms with E-state index in [2.05, 4.69) is 20.9 Å². The van der Waals surface area contributed by atoms with Crippen molar-refractivity contribution in [1.29, 1.82) is 0 Å². The Labute approximate surface area is 174 Å². The van der Waals surface area contributed by atoms with Crippen LogP contribution in [0.25, 0.3) is 0 Å². The molecule has 0 radical (unpaired) electrons. The summed E-state index contributed by atoms with van der Waals surface area (Å²) < 4.78 is 5.30. The minimum absolute atomic E-state index is 0.0262. The predicted octanol–water partition coefficient (Wildman–Crippen LogP) is 2.36. The molecule has 162 valence electrons. The average Bonchev–Trinajstić information content (AvgIpc) is 2.59. The fourth-order valence-electron chi connectivity index (χ4n) is 2.36. The molecule has 0 atom stereocenters. The number of rotatable bonds is 6. The Balaban J connectivity index is 2.54. The zero-order valence-electron chi connectivity index (χ0n) is 18.8. The van der Waals surface area contributed by atoms with Crippen molar-refractivity contribution >= 4 is 18.0 Å². The van der Waals surface area contributed by atoms with Crippen LogP contribution in [-0.2, 0) is 11.3 Å². The van der Waals surface area contributed by atoms with Gasteiger partial charge in [0.25, 0.3) is 5.91 Å². The van der Waals surface area contributed by atoms with Gasteiger partial charge in [0.2, 0.25) is 0 Å². The van der Waals surface area contributed by atoms with Crippen LogP contribution in [0.5, 0.6) is 0 Å². The number of ether oxygens (including phenoxy) is 1. The third-order valence-electron chi connectivity index (χ3n) is 3.83. The number of alkyl carbamates (subject to hydrolysis) is 1. The highest BCUT2D eigenvalue weighted by atomic mass is 16.6. The van der Waals surface area contributed by atoms with Crippen LogP contribution in [0.2, 0.25) is 0 Å². The van der Waals surface area contributed by atoms with Crippen molar-refractivity contribution in [3.63, 3.8) is 0 Å². The maximum atomic E-state index is 12.0. The van der Waals surface area contributed by atoms with E-state index in [9.17, 15) is 9.59 Å². The van der Waals surface area contributed by atoms with E-state index in [-0.39, 0.29) is 5.91 Å². The van der Waals surface area contributed by atoms with Crippen LogP contribution in [0, 0.1) is 0 Å². The smallest absolute Gasteiger partial charge is 0.408 e. The Morgan fingerprint density at radius 2 is 1.62 bits per heavy atom. The van der Waals surface area contributed by atoms with Gasteiger partial charge in [-0.1, -0.05) is 12.1 Å². The first kappa shape index (κ1) is 24.3. The summed E-state index contributed by atoms with van der Waals surface area (Å²) in [7, 11) is 5.14. The molecule has 0 aliphatic heterocycles. The molecular weight excluding hydrogens is 370 g/mol. The summed E-state index contributed by atoms with van der Waals surface area (Å²) in [6.07, 6.45) is -0.459. The van der Waals surface area contributed by atoms with E-state index in [1.165, 1.54) is 0 Å². The maximum Gasteiger partial charge on any atom is 0.408 e. The highest BCUT2D eigenvalue weighted by molar-refractivity contribution is 5.93. The van der Waals surface area contributed by atoms with Crippen LogP contribution in [0.4, 0.5) is 4.79 Å². The van der Waals surface area contributed by atoms with E-state index in [0.717, 1.165) is 5.56 Å². The first-order valence-corrected chi connectivity index (χ1v) is 9.59. The summed E-state index contributed by atoms with van der Waals surface area (Å²) in [4.78, 5) is 29.7. The van der Waals surface area contributed by atoms with Gasteiger partial charge in [-0.2, -0.15) is 0 Å². The van der Waals surface area contributed by atoms with Gasteiger partial charge in [0.15, 0.2) is 5.96 Å². The van der Waals surface area contributed by atoms with E-state index in [0.29, 0.717) is 24.6 Å². The monoisotopic (exact) mass is 405 g/mol. The molecule has 0 aromatic heterocycles. The van der Waals surface area contributed by atoms with Crippen molar-refractivity contribution < 1.29 is 14.3 Å². The Morgan fingerprint density at radius 3 is 2.10 bits per heavy atom. The first-order chi connectivity index (χ1) is 13.3. The molecule has 0 saturated heterocycles. The lowest BCUT2D eigenvalue weighted by atomic mass is 10.1. The summed E-state index contributed by atoms with van der Waals surface area (Å²) in [6, 6.07) is 7.43.